The number of nitrogens with one attached hydrogen (secondary N) is 1. The summed E-state index contributed by atoms with van der Waals surface area (Å²) in [5, 5.41) is 12.6. The molecule has 0 saturated heterocycles. The molecule has 1 aromatic rings. The number of carbonyl (C=O) groups is 1. The Morgan fingerprint density at radius 2 is 2.24 bits per heavy atom. The fourth-order valence-electron chi connectivity index (χ4n) is 1.71. The number of nitrogens with two attached hydrogens (primary N) is 1. The molecule has 0 radical (unpaired) electrons. The van der Waals surface area contributed by atoms with Crippen LogP contribution in [0.1, 0.15) is 25.5 Å². The molecule has 2 rings (SSSR count). The second-order valence-corrected chi connectivity index (χ2v) is 4.31. The average Bonchev–Trinajstić information content (AvgIpc) is 2.29. The zero-order chi connectivity index (χ0) is 12.6. The third-order valence-corrected chi connectivity index (χ3v) is 2.77. The number of benzene rings is 1. The highest BCUT2D eigenvalue weighted by atomic mass is 16.5. The number of anilines is 1. The molecule has 1 aromatic carbocycles. The molecule has 1 heterocycles. The standard InChI is InChI=1S/C12H16N2O3/c1-6(13)11(15)8-3-4-10-9(5-8)14-12(16)7(2)17-10/h3-7,11,15H,13H2,1-2H3,(H,14,16). The number of hydrogen-bond donors (Lipinski definition) is 3. The first-order valence-corrected chi connectivity index (χ1v) is 5.54. The third-order valence-electron chi connectivity index (χ3n) is 2.77. The van der Waals surface area contributed by atoms with Gasteiger partial charge in [-0.15, -0.1) is 0 Å². The normalized spacial score (nSPS) is 22.1. The Balaban J connectivity index is 2.32. The van der Waals surface area contributed by atoms with E-state index in [-0.39, 0.29) is 11.9 Å². The Hall–Kier alpha value is -1.59. The largest absolute Gasteiger partial charge is 0.479 e. The monoisotopic (exact) mass is 236 g/mol. The second kappa shape index (κ2) is 4.35. The van der Waals surface area contributed by atoms with Gasteiger partial charge in [0, 0.05) is 6.04 Å². The lowest BCUT2D eigenvalue weighted by Crippen LogP contribution is -2.34. The molecule has 3 unspecified atom stereocenters. The van der Waals surface area contributed by atoms with Gasteiger partial charge < -0.3 is 20.9 Å². The molecule has 1 amide bonds. The molecule has 5 heteroatoms. The first-order chi connectivity index (χ1) is 7.99. The molecule has 0 spiro atoms. The van der Waals surface area contributed by atoms with Crippen molar-refractivity contribution in [2.24, 2.45) is 5.73 Å². The molecular formula is C12H16N2O3. The van der Waals surface area contributed by atoms with Crippen LogP contribution >= 0.6 is 0 Å². The number of hydrogen-bond acceptors (Lipinski definition) is 4. The van der Waals surface area contributed by atoms with Crippen LogP contribution in [0.4, 0.5) is 5.69 Å². The topological polar surface area (TPSA) is 84.6 Å². The van der Waals surface area contributed by atoms with Crippen LogP contribution in [0.5, 0.6) is 5.75 Å². The number of amides is 1. The van der Waals surface area contributed by atoms with Gasteiger partial charge in [-0.05, 0) is 31.5 Å². The minimum Gasteiger partial charge on any atom is -0.479 e. The predicted molar refractivity (Wildman–Crippen MR) is 63.8 cm³/mol. The van der Waals surface area contributed by atoms with Gasteiger partial charge in [0.05, 0.1) is 11.8 Å². The molecule has 92 valence electrons. The molecule has 0 fully saturated rings. The molecule has 1 aliphatic heterocycles. The van der Waals surface area contributed by atoms with E-state index in [1.165, 1.54) is 0 Å². The fourth-order valence-corrected chi connectivity index (χ4v) is 1.71. The van der Waals surface area contributed by atoms with E-state index < -0.39 is 12.2 Å². The molecule has 1 aliphatic rings. The van der Waals surface area contributed by atoms with Crippen molar-refractivity contribution >= 4 is 11.6 Å². The van der Waals surface area contributed by atoms with E-state index in [2.05, 4.69) is 5.32 Å². The van der Waals surface area contributed by atoms with Crippen molar-refractivity contribution < 1.29 is 14.6 Å². The maximum absolute atomic E-state index is 11.4. The summed E-state index contributed by atoms with van der Waals surface area (Å²) < 4.78 is 5.41. The third kappa shape index (κ3) is 2.25. The van der Waals surface area contributed by atoms with Crippen molar-refractivity contribution in [1.29, 1.82) is 0 Å². The summed E-state index contributed by atoms with van der Waals surface area (Å²) in [7, 11) is 0. The number of aliphatic hydroxyl groups excluding tert-OH is 1. The van der Waals surface area contributed by atoms with Crippen molar-refractivity contribution in [2.45, 2.75) is 32.1 Å². The van der Waals surface area contributed by atoms with Crippen molar-refractivity contribution in [3.05, 3.63) is 23.8 Å². The number of carbonyl (C=O) groups excluding carboxylic acids is 1. The summed E-state index contributed by atoms with van der Waals surface area (Å²) >= 11 is 0. The van der Waals surface area contributed by atoms with Gasteiger partial charge in [0.15, 0.2) is 6.10 Å². The van der Waals surface area contributed by atoms with E-state index >= 15 is 0 Å². The van der Waals surface area contributed by atoms with Crippen LogP contribution in [0, 0.1) is 0 Å². The first-order valence-electron chi connectivity index (χ1n) is 5.54. The van der Waals surface area contributed by atoms with Crippen LogP contribution < -0.4 is 15.8 Å². The molecule has 0 aliphatic carbocycles. The van der Waals surface area contributed by atoms with Gasteiger partial charge in [-0.2, -0.15) is 0 Å². The Labute approximate surface area is 99.6 Å². The minimum atomic E-state index is -0.753. The quantitative estimate of drug-likeness (QED) is 0.708. The van der Waals surface area contributed by atoms with E-state index in [0.29, 0.717) is 17.0 Å². The van der Waals surface area contributed by atoms with Crippen molar-refractivity contribution in [3.8, 4) is 5.75 Å². The Bertz CT molecular complexity index is 445. The van der Waals surface area contributed by atoms with Crippen LogP contribution in [-0.4, -0.2) is 23.2 Å². The van der Waals surface area contributed by atoms with E-state index in [9.17, 15) is 9.90 Å². The van der Waals surface area contributed by atoms with E-state index in [1.54, 1.807) is 32.0 Å². The Kier molecular flexibility index (Phi) is 3.04. The lowest BCUT2D eigenvalue weighted by atomic mass is 10.0. The lowest BCUT2D eigenvalue weighted by molar-refractivity contribution is -0.122. The molecular weight excluding hydrogens is 220 g/mol. The van der Waals surface area contributed by atoms with Crippen molar-refractivity contribution in [3.63, 3.8) is 0 Å². The van der Waals surface area contributed by atoms with Gasteiger partial charge in [0.1, 0.15) is 5.75 Å². The van der Waals surface area contributed by atoms with Gasteiger partial charge in [0.25, 0.3) is 5.91 Å². The Morgan fingerprint density at radius 3 is 2.88 bits per heavy atom. The zero-order valence-corrected chi connectivity index (χ0v) is 9.81. The fraction of sp³-hybridized carbons (Fsp3) is 0.417. The molecule has 4 N–H and O–H groups in total. The molecule has 17 heavy (non-hydrogen) atoms. The molecule has 5 nitrogen and oxygen atoms in total. The van der Waals surface area contributed by atoms with Crippen LogP contribution in [0.2, 0.25) is 0 Å². The van der Waals surface area contributed by atoms with Gasteiger partial charge in [-0.3, -0.25) is 4.79 Å². The Morgan fingerprint density at radius 1 is 1.53 bits per heavy atom. The number of rotatable bonds is 2. The highest BCUT2D eigenvalue weighted by Crippen LogP contribution is 2.32. The molecule has 3 atom stereocenters. The van der Waals surface area contributed by atoms with Crippen LogP contribution in [0.3, 0.4) is 0 Å². The predicted octanol–water partition coefficient (Wildman–Crippen LogP) is 0.787. The molecule has 0 bridgehead atoms. The zero-order valence-electron chi connectivity index (χ0n) is 9.81. The molecule has 0 aromatic heterocycles. The van der Waals surface area contributed by atoms with Crippen molar-refractivity contribution in [2.75, 3.05) is 5.32 Å². The summed E-state index contributed by atoms with van der Waals surface area (Å²) in [6, 6.07) is 4.79. The summed E-state index contributed by atoms with van der Waals surface area (Å²) in [6.07, 6.45) is -1.25. The summed E-state index contributed by atoms with van der Waals surface area (Å²) in [5.41, 5.74) is 6.86. The lowest BCUT2D eigenvalue weighted by Gasteiger charge is -2.25. The second-order valence-electron chi connectivity index (χ2n) is 4.31. The van der Waals surface area contributed by atoms with Crippen LogP contribution in [-0.2, 0) is 4.79 Å². The SMILES string of the molecule is CC1Oc2ccc(C(O)C(C)N)cc2NC1=O. The van der Waals surface area contributed by atoms with E-state index in [0.717, 1.165) is 0 Å². The summed E-state index contributed by atoms with van der Waals surface area (Å²) in [6.45, 7) is 3.41. The van der Waals surface area contributed by atoms with Gasteiger partial charge in [0.2, 0.25) is 0 Å². The summed E-state index contributed by atoms with van der Waals surface area (Å²) in [5.74, 6) is 0.419. The first kappa shape index (κ1) is 11.9. The van der Waals surface area contributed by atoms with Gasteiger partial charge in [-0.25, -0.2) is 0 Å². The maximum atomic E-state index is 11.4. The number of ether oxygens (including phenoxy) is 1. The smallest absolute Gasteiger partial charge is 0.265 e. The van der Waals surface area contributed by atoms with E-state index in [4.69, 9.17) is 10.5 Å². The summed E-state index contributed by atoms with van der Waals surface area (Å²) in [4.78, 5) is 11.4. The van der Waals surface area contributed by atoms with E-state index in [1.807, 2.05) is 0 Å². The van der Waals surface area contributed by atoms with Crippen LogP contribution in [0.25, 0.3) is 0 Å². The number of aliphatic hydroxyl groups is 1. The number of fused-ring (bicyclic) bond motifs is 1. The highest BCUT2D eigenvalue weighted by Gasteiger charge is 2.24. The van der Waals surface area contributed by atoms with Gasteiger partial charge in [-0.1, -0.05) is 6.07 Å². The van der Waals surface area contributed by atoms with Crippen LogP contribution in [0.15, 0.2) is 18.2 Å². The molecule has 0 saturated carbocycles. The minimum absolute atomic E-state index is 0.190. The van der Waals surface area contributed by atoms with Gasteiger partial charge >= 0.3 is 0 Å². The maximum Gasteiger partial charge on any atom is 0.265 e. The van der Waals surface area contributed by atoms with Crippen molar-refractivity contribution in [1.82, 2.24) is 0 Å². The average molecular weight is 236 g/mol. The highest BCUT2D eigenvalue weighted by molar-refractivity contribution is 5.97.